The fourth-order valence-electron chi connectivity index (χ4n) is 2.36. The highest BCUT2D eigenvalue weighted by Crippen LogP contribution is 2.29. The minimum atomic E-state index is -3.49. The number of hydrogen-bond acceptors (Lipinski definition) is 4. The average molecular weight is 455 g/mol. The van der Waals surface area contributed by atoms with E-state index in [0.29, 0.717) is 11.4 Å². The summed E-state index contributed by atoms with van der Waals surface area (Å²) in [4.78, 5) is 12.3. The normalized spacial score (nSPS) is 11.7. The van der Waals surface area contributed by atoms with Crippen LogP contribution in [-0.4, -0.2) is 39.3 Å². The molecule has 0 saturated carbocycles. The van der Waals surface area contributed by atoms with Crippen LogP contribution in [0.15, 0.2) is 51.8 Å². The van der Waals surface area contributed by atoms with Crippen molar-refractivity contribution in [2.24, 2.45) is 0 Å². The Kier molecular flexibility index (Phi) is 7.02. The van der Waals surface area contributed by atoms with E-state index in [1.165, 1.54) is 26.2 Å². The van der Waals surface area contributed by atoms with Gasteiger partial charge in [-0.3, -0.25) is 4.79 Å². The maximum atomic E-state index is 12.2. The number of carbonyl (C=O) groups excluding carboxylic acids is 1. The molecule has 0 aromatic heterocycles. The standard InChI is InChI=1S/C19H23BrN2O4S/c1-13(2)17-11-14(20)5-10-18(17)26-12-19(23)21-15-6-8-16(9-7-15)27(24,25)22(3)4/h5-11,13H,12H2,1-4H3,(H,21,23). The molecule has 0 heterocycles. The van der Waals surface area contributed by atoms with Crippen molar-refractivity contribution in [3.8, 4) is 5.75 Å². The molecule has 2 aromatic carbocycles. The van der Waals surface area contributed by atoms with Gasteiger partial charge in [0.1, 0.15) is 5.75 Å². The topological polar surface area (TPSA) is 75.7 Å². The largest absolute Gasteiger partial charge is 0.483 e. The number of benzene rings is 2. The molecule has 0 aliphatic rings. The van der Waals surface area contributed by atoms with Crippen molar-refractivity contribution in [1.29, 1.82) is 0 Å². The van der Waals surface area contributed by atoms with Gasteiger partial charge in [-0.25, -0.2) is 12.7 Å². The molecule has 0 spiro atoms. The summed E-state index contributed by atoms with van der Waals surface area (Å²) in [5.41, 5.74) is 1.51. The average Bonchev–Trinajstić information content (AvgIpc) is 2.60. The number of ether oxygens (including phenoxy) is 1. The Labute approximate surface area is 168 Å². The van der Waals surface area contributed by atoms with Crippen LogP contribution in [-0.2, 0) is 14.8 Å². The molecule has 6 nitrogen and oxygen atoms in total. The quantitative estimate of drug-likeness (QED) is 0.689. The van der Waals surface area contributed by atoms with E-state index < -0.39 is 10.0 Å². The SMILES string of the molecule is CC(C)c1cc(Br)ccc1OCC(=O)Nc1ccc(S(=O)(=O)N(C)C)cc1. The van der Waals surface area contributed by atoms with Crippen molar-refractivity contribution in [1.82, 2.24) is 4.31 Å². The van der Waals surface area contributed by atoms with Gasteiger partial charge in [-0.2, -0.15) is 0 Å². The monoisotopic (exact) mass is 454 g/mol. The molecular weight excluding hydrogens is 432 g/mol. The van der Waals surface area contributed by atoms with Gasteiger partial charge < -0.3 is 10.1 Å². The van der Waals surface area contributed by atoms with E-state index in [1.54, 1.807) is 12.1 Å². The summed E-state index contributed by atoms with van der Waals surface area (Å²) in [6.07, 6.45) is 0. The number of amides is 1. The van der Waals surface area contributed by atoms with E-state index in [1.807, 2.05) is 18.2 Å². The van der Waals surface area contributed by atoms with Gasteiger partial charge >= 0.3 is 0 Å². The molecule has 0 aliphatic carbocycles. The van der Waals surface area contributed by atoms with Gasteiger partial charge in [0.05, 0.1) is 4.90 Å². The van der Waals surface area contributed by atoms with E-state index >= 15 is 0 Å². The highest BCUT2D eigenvalue weighted by Gasteiger charge is 2.17. The molecule has 1 N–H and O–H groups in total. The maximum absolute atomic E-state index is 12.2. The second-order valence-electron chi connectivity index (χ2n) is 6.49. The molecule has 0 bridgehead atoms. The number of sulfonamides is 1. The first kappa shape index (κ1) is 21.4. The molecule has 146 valence electrons. The van der Waals surface area contributed by atoms with Crippen molar-refractivity contribution in [2.45, 2.75) is 24.7 Å². The second-order valence-corrected chi connectivity index (χ2v) is 9.55. The van der Waals surface area contributed by atoms with E-state index in [4.69, 9.17) is 4.74 Å². The Morgan fingerprint density at radius 1 is 1.15 bits per heavy atom. The molecule has 0 fully saturated rings. The first-order chi connectivity index (χ1) is 12.6. The second kappa shape index (κ2) is 8.86. The van der Waals surface area contributed by atoms with Gasteiger partial charge in [-0.05, 0) is 53.9 Å². The Bertz CT molecular complexity index is 910. The Morgan fingerprint density at radius 2 is 1.78 bits per heavy atom. The third-order valence-corrected chi connectivity index (χ3v) is 6.19. The highest BCUT2D eigenvalue weighted by molar-refractivity contribution is 9.10. The molecule has 2 aromatic rings. The molecule has 2 rings (SSSR count). The number of nitrogens with zero attached hydrogens (tertiary/aromatic N) is 1. The zero-order valence-corrected chi connectivity index (χ0v) is 18.1. The molecular formula is C19H23BrN2O4S. The lowest BCUT2D eigenvalue weighted by molar-refractivity contribution is -0.118. The Balaban J connectivity index is 2.01. The zero-order chi connectivity index (χ0) is 20.2. The lowest BCUT2D eigenvalue weighted by Gasteiger charge is -2.15. The van der Waals surface area contributed by atoms with Crippen LogP contribution in [0, 0.1) is 0 Å². The smallest absolute Gasteiger partial charge is 0.262 e. The van der Waals surface area contributed by atoms with Crippen molar-refractivity contribution in [2.75, 3.05) is 26.0 Å². The Hall–Kier alpha value is -1.90. The summed E-state index contributed by atoms with van der Waals surface area (Å²) in [6.45, 7) is 3.97. The summed E-state index contributed by atoms with van der Waals surface area (Å²) >= 11 is 3.44. The van der Waals surface area contributed by atoms with E-state index in [0.717, 1.165) is 14.3 Å². The van der Waals surface area contributed by atoms with Gasteiger partial charge in [0.15, 0.2) is 6.61 Å². The van der Waals surface area contributed by atoms with Crippen LogP contribution in [0.3, 0.4) is 0 Å². The van der Waals surface area contributed by atoms with Crippen molar-refractivity contribution < 1.29 is 17.9 Å². The molecule has 8 heteroatoms. The summed E-state index contributed by atoms with van der Waals surface area (Å²) in [6, 6.07) is 11.7. The minimum absolute atomic E-state index is 0.140. The number of nitrogens with one attached hydrogen (secondary N) is 1. The van der Waals surface area contributed by atoms with E-state index in [9.17, 15) is 13.2 Å². The zero-order valence-electron chi connectivity index (χ0n) is 15.7. The first-order valence-electron chi connectivity index (χ1n) is 8.36. The maximum Gasteiger partial charge on any atom is 0.262 e. The van der Waals surface area contributed by atoms with Gasteiger partial charge in [-0.1, -0.05) is 29.8 Å². The van der Waals surface area contributed by atoms with Gasteiger partial charge in [0.25, 0.3) is 5.91 Å². The third-order valence-electron chi connectivity index (χ3n) is 3.87. The van der Waals surface area contributed by atoms with Gasteiger partial charge in [0.2, 0.25) is 10.0 Å². The predicted molar refractivity (Wildman–Crippen MR) is 110 cm³/mol. The summed E-state index contributed by atoms with van der Waals surface area (Å²) in [5.74, 6) is 0.596. The molecule has 1 amide bonds. The molecule has 27 heavy (non-hydrogen) atoms. The number of carbonyl (C=O) groups is 1. The van der Waals surface area contributed by atoms with Crippen LogP contribution in [0.25, 0.3) is 0 Å². The highest BCUT2D eigenvalue weighted by atomic mass is 79.9. The lowest BCUT2D eigenvalue weighted by atomic mass is 10.0. The summed E-state index contributed by atoms with van der Waals surface area (Å²) in [5, 5.41) is 2.70. The molecule has 0 unspecified atom stereocenters. The molecule has 0 radical (unpaired) electrons. The first-order valence-corrected chi connectivity index (χ1v) is 10.6. The van der Waals surface area contributed by atoms with Crippen molar-refractivity contribution in [3.05, 3.63) is 52.5 Å². The summed E-state index contributed by atoms with van der Waals surface area (Å²) in [7, 11) is -0.556. The van der Waals surface area contributed by atoms with Crippen LogP contribution in [0.2, 0.25) is 0 Å². The van der Waals surface area contributed by atoms with Crippen molar-refractivity contribution >= 4 is 37.5 Å². The van der Waals surface area contributed by atoms with Crippen molar-refractivity contribution in [3.63, 3.8) is 0 Å². The molecule has 0 aliphatic heterocycles. The van der Waals surface area contributed by atoms with Crippen LogP contribution in [0.4, 0.5) is 5.69 Å². The van der Waals surface area contributed by atoms with E-state index in [-0.39, 0.29) is 23.3 Å². The number of halogens is 1. The number of rotatable bonds is 7. The lowest BCUT2D eigenvalue weighted by Crippen LogP contribution is -2.22. The van der Waals surface area contributed by atoms with Gasteiger partial charge in [-0.15, -0.1) is 0 Å². The fraction of sp³-hybridized carbons (Fsp3) is 0.316. The van der Waals surface area contributed by atoms with Crippen LogP contribution in [0.1, 0.15) is 25.3 Å². The van der Waals surface area contributed by atoms with Crippen LogP contribution >= 0.6 is 15.9 Å². The van der Waals surface area contributed by atoms with E-state index in [2.05, 4.69) is 35.1 Å². The summed E-state index contributed by atoms with van der Waals surface area (Å²) < 4.78 is 31.9. The Morgan fingerprint density at radius 3 is 2.33 bits per heavy atom. The predicted octanol–water partition coefficient (Wildman–Crippen LogP) is 3.84. The van der Waals surface area contributed by atoms with Gasteiger partial charge in [0, 0.05) is 24.3 Å². The molecule has 0 saturated heterocycles. The number of anilines is 1. The fourth-order valence-corrected chi connectivity index (χ4v) is 3.64. The third kappa shape index (κ3) is 5.54. The van der Waals surface area contributed by atoms with Crippen LogP contribution < -0.4 is 10.1 Å². The van der Waals surface area contributed by atoms with Crippen LogP contribution in [0.5, 0.6) is 5.75 Å². The minimum Gasteiger partial charge on any atom is -0.483 e. The number of hydrogen-bond donors (Lipinski definition) is 1. The molecule has 0 atom stereocenters.